The van der Waals surface area contributed by atoms with Gasteiger partial charge < -0.3 is 5.32 Å². The zero-order valence-electron chi connectivity index (χ0n) is 11.7. The normalized spacial score (nSPS) is 10.5. The number of aromatic nitrogens is 2. The molecule has 0 amide bonds. The Labute approximate surface area is 117 Å². The van der Waals surface area contributed by atoms with Crippen molar-refractivity contribution in [2.24, 2.45) is 0 Å². The van der Waals surface area contributed by atoms with E-state index < -0.39 is 0 Å². The van der Waals surface area contributed by atoms with Gasteiger partial charge in [-0.3, -0.25) is 14.8 Å². The van der Waals surface area contributed by atoms with Crippen LogP contribution in [0.5, 0.6) is 0 Å². The molecule has 0 atom stereocenters. The number of anilines is 1. The molecule has 0 bridgehead atoms. The number of hydrogen-bond donors (Lipinski definition) is 1. The van der Waals surface area contributed by atoms with Gasteiger partial charge in [0.2, 0.25) is 0 Å². The van der Waals surface area contributed by atoms with E-state index in [0.717, 1.165) is 36.6 Å². The maximum absolute atomic E-state index is 10.7. The third-order valence-corrected chi connectivity index (χ3v) is 3.04. The first-order chi connectivity index (χ1) is 9.56. The summed E-state index contributed by atoms with van der Waals surface area (Å²) >= 11 is 0. The molecule has 0 radical (unpaired) electrons. The molecule has 0 unspecified atom stereocenters. The van der Waals surface area contributed by atoms with Gasteiger partial charge in [-0.25, -0.2) is 0 Å². The summed E-state index contributed by atoms with van der Waals surface area (Å²) in [6.07, 6.45) is 0.907. The summed E-state index contributed by atoms with van der Waals surface area (Å²) in [5.74, 6) is 0. The number of nitrogens with zero attached hydrogens (tertiary/aromatic N) is 3. The number of rotatable bonds is 6. The van der Waals surface area contributed by atoms with Crippen LogP contribution in [-0.2, 0) is 6.54 Å². The van der Waals surface area contributed by atoms with Crippen LogP contribution in [0, 0.1) is 24.0 Å². The third-order valence-electron chi connectivity index (χ3n) is 3.04. The van der Waals surface area contributed by atoms with Crippen molar-refractivity contribution in [3.8, 4) is 0 Å². The fourth-order valence-electron chi connectivity index (χ4n) is 2.09. The second-order valence-electron chi connectivity index (χ2n) is 4.74. The molecule has 6 nitrogen and oxygen atoms in total. The van der Waals surface area contributed by atoms with Gasteiger partial charge in [0.25, 0.3) is 5.69 Å². The van der Waals surface area contributed by atoms with Crippen molar-refractivity contribution in [1.29, 1.82) is 0 Å². The van der Waals surface area contributed by atoms with Crippen molar-refractivity contribution in [2.45, 2.75) is 26.8 Å². The van der Waals surface area contributed by atoms with Crippen LogP contribution in [0.1, 0.15) is 17.8 Å². The van der Waals surface area contributed by atoms with Crippen LogP contribution in [0.25, 0.3) is 0 Å². The molecule has 2 rings (SSSR count). The average Bonchev–Trinajstić information content (AvgIpc) is 2.73. The summed E-state index contributed by atoms with van der Waals surface area (Å²) in [5, 5.41) is 18.3. The Morgan fingerprint density at radius 3 is 2.80 bits per heavy atom. The Bertz CT molecular complexity index is 607. The molecule has 1 aromatic heterocycles. The van der Waals surface area contributed by atoms with Gasteiger partial charge in [0, 0.05) is 36.6 Å². The molecule has 1 heterocycles. The van der Waals surface area contributed by atoms with Crippen LogP contribution in [0.3, 0.4) is 0 Å². The highest BCUT2D eigenvalue weighted by Gasteiger charge is 2.05. The maximum atomic E-state index is 10.7. The highest BCUT2D eigenvalue weighted by atomic mass is 16.6. The summed E-state index contributed by atoms with van der Waals surface area (Å²) in [4.78, 5) is 10.3. The molecular weight excluding hydrogens is 256 g/mol. The van der Waals surface area contributed by atoms with Gasteiger partial charge in [-0.15, -0.1) is 0 Å². The zero-order valence-corrected chi connectivity index (χ0v) is 11.7. The summed E-state index contributed by atoms with van der Waals surface area (Å²) in [6.45, 7) is 5.60. The lowest BCUT2D eigenvalue weighted by Gasteiger charge is -2.07. The number of benzene rings is 1. The van der Waals surface area contributed by atoms with E-state index in [9.17, 15) is 10.1 Å². The van der Waals surface area contributed by atoms with Crippen LogP contribution < -0.4 is 5.32 Å². The molecule has 0 aliphatic heterocycles. The van der Waals surface area contributed by atoms with E-state index >= 15 is 0 Å². The first-order valence-electron chi connectivity index (χ1n) is 6.55. The molecule has 0 aliphatic rings. The summed E-state index contributed by atoms with van der Waals surface area (Å²) in [7, 11) is 0. The monoisotopic (exact) mass is 274 g/mol. The van der Waals surface area contributed by atoms with E-state index in [0.29, 0.717) is 0 Å². The molecule has 1 aromatic carbocycles. The summed E-state index contributed by atoms with van der Waals surface area (Å²) in [5.41, 5.74) is 3.05. The highest BCUT2D eigenvalue weighted by molar-refractivity contribution is 5.50. The van der Waals surface area contributed by atoms with Crippen molar-refractivity contribution in [1.82, 2.24) is 9.78 Å². The lowest BCUT2D eigenvalue weighted by molar-refractivity contribution is -0.384. The molecule has 2 aromatic rings. The Kier molecular flexibility index (Phi) is 4.34. The van der Waals surface area contributed by atoms with Crippen molar-refractivity contribution in [3.63, 3.8) is 0 Å². The van der Waals surface area contributed by atoms with E-state index in [4.69, 9.17) is 0 Å². The molecule has 1 N–H and O–H groups in total. The molecule has 0 saturated carbocycles. The standard InChI is InChI=1S/C14H18N4O2/c1-11-9-12(2)17(16-11)8-4-7-15-13-5-3-6-14(10-13)18(19)20/h3,5-6,9-10,15H,4,7-8H2,1-2H3. The predicted molar refractivity (Wildman–Crippen MR) is 77.9 cm³/mol. The van der Waals surface area contributed by atoms with Gasteiger partial charge in [-0.2, -0.15) is 5.10 Å². The molecule has 6 heteroatoms. The van der Waals surface area contributed by atoms with Gasteiger partial charge in [0.1, 0.15) is 0 Å². The zero-order chi connectivity index (χ0) is 14.5. The minimum atomic E-state index is -0.388. The van der Waals surface area contributed by atoms with Gasteiger partial charge in [0.15, 0.2) is 0 Å². The highest BCUT2D eigenvalue weighted by Crippen LogP contribution is 2.16. The number of aryl methyl sites for hydroxylation is 3. The van der Waals surface area contributed by atoms with Crippen LogP contribution in [-0.4, -0.2) is 21.2 Å². The smallest absolute Gasteiger partial charge is 0.271 e. The average molecular weight is 274 g/mol. The first kappa shape index (κ1) is 14.0. The Hall–Kier alpha value is -2.37. The number of nitro groups is 1. The lowest BCUT2D eigenvalue weighted by atomic mass is 10.2. The van der Waals surface area contributed by atoms with Crippen LogP contribution in [0.2, 0.25) is 0 Å². The Morgan fingerprint density at radius 1 is 1.35 bits per heavy atom. The topological polar surface area (TPSA) is 73.0 Å². The third kappa shape index (κ3) is 3.57. The van der Waals surface area contributed by atoms with E-state index in [1.807, 2.05) is 30.7 Å². The fraction of sp³-hybridized carbons (Fsp3) is 0.357. The molecule has 20 heavy (non-hydrogen) atoms. The van der Waals surface area contributed by atoms with E-state index in [-0.39, 0.29) is 10.6 Å². The second-order valence-corrected chi connectivity index (χ2v) is 4.74. The quantitative estimate of drug-likeness (QED) is 0.499. The van der Waals surface area contributed by atoms with Gasteiger partial charge in [-0.05, 0) is 32.4 Å². The van der Waals surface area contributed by atoms with Crippen molar-refractivity contribution in [3.05, 3.63) is 51.8 Å². The Morgan fingerprint density at radius 2 is 2.15 bits per heavy atom. The second kappa shape index (κ2) is 6.18. The predicted octanol–water partition coefficient (Wildman–Crippen LogP) is 2.91. The molecular formula is C14H18N4O2. The summed E-state index contributed by atoms with van der Waals surface area (Å²) < 4.78 is 1.98. The first-order valence-corrected chi connectivity index (χ1v) is 6.55. The van der Waals surface area contributed by atoms with Crippen molar-refractivity contribution < 1.29 is 4.92 Å². The van der Waals surface area contributed by atoms with Crippen LogP contribution in [0.15, 0.2) is 30.3 Å². The molecule has 0 saturated heterocycles. The molecule has 0 spiro atoms. The van der Waals surface area contributed by atoms with Gasteiger partial charge in [0.05, 0.1) is 10.6 Å². The van der Waals surface area contributed by atoms with Crippen molar-refractivity contribution >= 4 is 11.4 Å². The maximum Gasteiger partial charge on any atom is 0.271 e. The van der Waals surface area contributed by atoms with Gasteiger partial charge in [-0.1, -0.05) is 6.07 Å². The number of hydrogen-bond acceptors (Lipinski definition) is 4. The number of nitrogens with one attached hydrogen (secondary N) is 1. The minimum Gasteiger partial charge on any atom is -0.385 e. The van der Waals surface area contributed by atoms with Crippen molar-refractivity contribution in [2.75, 3.05) is 11.9 Å². The molecule has 0 aliphatic carbocycles. The number of non-ortho nitro benzene ring substituents is 1. The van der Waals surface area contributed by atoms with E-state index in [2.05, 4.69) is 10.4 Å². The summed E-state index contributed by atoms with van der Waals surface area (Å²) in [6, 6.07) is 8.59. The Balaban J connectivity index is 1.83. The minimum absolute atomic E-state index is 0.105. The van der Waals surface area contributed by atoms with Crippen LogP contribution >= 0.6 is 0 Å². The van der Waals surface area contributed by atoms with Gasteiger partial charge >= 0.3 is 0 Å². The van der Waals surface area contributed by atoms with E-state index in [1.54, 1.807) is 12.1 Å². The van der Waals surface area contributed by atoms with E-state index in [1.165, 1.54) is 6.07 Å². The fourth-order valence-corrected chi connectivity index (χ4v) is 2.09. The largest absolute Gasteiger partial charge is 0.385 e. The molecule has 0 fully saturated rings. The van der Waals surface area contributed by atoms with Crippen LogP contribution in [0.4, 0.5) is 11.4 Å². The lowest BCUT2D eigenvalue weighted by Crippen LogP contribution is -2.09. The molecule has 106 valence electrons. The number of nitro benzene ring substituents is 1. The SMILES string of the molecule is Cc1cc(C)n(CCCNc2cccc([N+](=O)[O-])c2)n1.